The molecule has 1 aliphatic carbocycles. The molecule has 0 aliphatic heterocycles. The van der Waals surface area contributed by atoms with Crippen LogP contribution in [0.1, 0.15) is 19.3 Å². The fourth-order valence-electron chi connectivity index (χ4n) is 2.31. The predicted molar refractivity (Wildman–Crippen MR) is 76.1 cm³/mol. The second-order valence-corrected chi connectivity index (χ2v) is 7.49. The van der Waals surface area contributed by atoms with E-state index in [1.165, 1.54) is 6.07 Å². The molecular formula is C12H17FN2O2S2. The summed E-state index contributed by atoms with van der Waals surface area (Å²) in [5.74, 6) is -0.542. The Morgan fingerprint density at radius 3 is 2.74 bits per heavy atom. The first-order chi connectivity index (χ1) is 8.92. The lowest BCUT2D eigenvalue weighted by Gasteiger charge is -2.14. The maximum absolute atomic E-state index is 12.9. The molecule has 1 saturated carbocycles. The molecule has 0 aromatic heterocycles. The van der Waals surface area contributed by atoms with Crippen LogP contribution in [0.3, 0.4) is 0 Å². The van der Waals surface area contributed by atoms with E-state index in [0.29, 0.717) is 5.25 Å². The Bertz CT molecular complexity index is 563. The second kappa shape index (κ2) is 5.68. The van der Waals surface area contributed by atoms with E-state index in [9.17, 15) is 12.8 Å². The minimum absolute atomic E-state index is 0.0542. The molecule has 1 aromatic carbocycles. The van der Waals surface area contributed by atoms with Gasteiger partial charge in [-0.25, -0.2) is 17.5 Å². The van der Waals surface area contributed by atoms with Gasteiger partial charge in [0.25, 0.3) is 0 Å². The highest BCUT2D eigenvalue weighted by Gasteiger charge is 2.29. The number of thioether (sulfide) groups is 1. The zero-order chi connectivity index (χ0) is 14.0. The highest BCUT2D eigenvalue weighted by Crippen LogP contribution is 2.29. The third-order valence-corrected chi connectivity index (χ3v) is 5.99. The Balaban J connectivity index is 2.14. The summed E-state index contributed by atoms with van der Waals surface area (Å²) in [6, 6.07) is 3.26. The Hall–Kier alpha value is -0.790. The molecule has 7 heteroatoms. The summed E-state index contributed by atoms with van der Waals surface area (Å²) in [4.78, 5) is -0.0542. The zero-order valence-corrected chi connectivity index (χ0v) is 12.2. The van der Waals surface area contributed by atoms with Crippen molar-refractivity contribution < 1.29 is 12.8 Å². The van der Waals surface area contributed by atoms with E-state index in [0.717, 1.165) is 31.4 Å². The van der Waals surface area contributed by atoms with Gasteiger partial charge in [0, 0.05) is 11.3 Å². The van der Waals surface area contributed by atoms with Crippen molar-refractivity contribution in [2.75, 3.05) is 12.0 Å². The monoisotopic (exact) mass is 304 g/mol. The molecule has 4 nitrogen and oxygen atoms in total. The average Bonchev–Trinajstić information content (AvgIpc) is 2.75. The molecule has 3 N–H and O–H groups in total. The fourth-order valence-corrected chi connectivity index (χ4v) is 4.50. The molecule has 1 aromatic rings. The number of rotatable bonds is 4. The van der Waals surface area contributed by atoms with Crippen molar-refractivity contribution in [2.24, 2.45) is 0 Å². The quantitative estimate of drug-likeness (QED) is 0.834. The van der Waals surface area contributed by atoms with Crippen LogP contribution < -0.4 is 10.5 Å². The lowest BCUT2D eigenvalue weighted by molar-refractivity contribution is 0.552. The molecule has 1 aliphatic rings. The lowest BCUT2D eigenvalue weighted by Crippen LogP contribution is -2.33. The Morgan fingerprint density at radius 1 is 1.42 bits per heavy atom. The molecule has 1 fully saturated rings. The highest BCUT2D eigenvalue weighted by molar-refractivity contribution is 7.99. The van der Waals surface area contributed by atoms with Crippen LogP contribution in [-0.4, -0.2) is 26.0 Å². The largest absolute Gasteiger partial charge is 0.398 e. The van der Waals surface area contributed by atoms with Crippen molar-refractivity contribution in [1.82, 2.24) is 4.72 Å². The van der Waals surface area contributed by atoms with Crippen LogP contribution >= 0.6 is 11.8 Å². The van der Waals surface area contributed by atoms with Crippen LogP contribution in [-0.2, 0) is 10.0 Å². The van der Waals surface area contributed by atoms with E-state index in [1.54, 1.807) is 11.8 Å². The number of halogens is 1. The first-order valence-electron chi connectivity index (χ1n) is 6.02. The van der Waals surface area contributed by atoms with Crippen molar-refractivity contribution in [3.8, 4) is 0 Å². The molecule has 0 spiro atoms. The molecule has 106 valence electrons. The van der Waals surface area contributed by atoms with Crippen LogP contribution in [0.25, 0.3) is 0 Å². The molecule has 2 atom stereocenters. The van der Waals surface area contributed by atoms with Gasteiger partial charge < -0.3 is 5.73 Å². The van der Waals surface area contributed by atoms with Crippen molar-refractivity contribution >= 4 is 27.5 Å². The molecule has 0 saturated heterocycles. The van der Waals surface area contributed by atoms with E-state index in [4.69, 9.17) is 5.73 Å². The van der Waals surface area contributed by atoms with Crippen LogP contribution in [0.15, 0.2) is 23.1 Å². The summed E-state index contributed by atoms with van der Waals surface area (Å²) in [7, 11) is -3.67. The summed E-state index contributed by atoms with van der Waals surface area (Å²) in [5, 5.41) is 0.498. The van der Waals surface area contributed by atoms with Gasteiger partial charge in [-0.15, -0.1) is 0 Å². The number of hydrogen-bond acceptors (Lipinski definition) is 4. The maximum Gasteiger partial charge on any atom is 0.242 e. The van der Waals surface area contributed by atoms with E-state index in [1.807, 2.05) is 6.26 Å². The third kappa shape index (κ3) is 3.40. The first kappa shape index (κ1) is 14.6. The molecule has 0 radical (unpaired) electrons. The number of nitrogens with two attached hydrogens (primary N) is 1. The van der Waals surface area contributed by atoms with E-state index in [-0.39, 0.29) is 16.6 Å². The summed E-state index contributed by atoms with van der Waals surface area (Å²) in [6.07, 6.45) is 4.68. The lowest BCUT2D eigenvalue weighted by atomic mass is 10.3. The van der Waals surface area contributed by atoms with Crippen molar-refractivity contribution in [1.29, 1.82) is 0 Å². The number of benzene rings is 1. The number of sulfonamides is 1. The minimum Gasteiger partial charge on any atom is -0.398 e. The number of nitrogens with one attached hydrogen (secondary N) is 1. The van der Waals surface area contributed by atoms with Crippen LogP contribution in [0.4, 0.5) is 10.1 Å². The van der Waals surface area contributed by atoms with Gasteiger partial charge in [-0.2, -0.15) is 11.8 Å². The summed E-state index contributed by atoms with van der Waals surface area (Å²) in [5.41, 5.74) is 5.51. The maximum atomic E-state index is 12.9. The van der Waals surface area contributed by atoms with Gasteiger partial charge >= 0.3 is 0 Å². The SMILES string of the molecule is CSC1CCC(NS(=O)(=O)c2ccc(F)cc2N)C1. The summed E-state index contributed by atoms with van der Waals surface area (Å²) >= 11 is 1.75. The highest BCUT2D eigenvalue weighted by atomic mass is 32.2. The second-order valence-electron chi connectivity index (χ2n) is 4.67. The van der Waals surface area contributed by atoms with Gasteiger partial charge in [0.1, 0.15) is 10.7 Å². The number of hydrogen-bond donors (Lipinski definition) is 2. The molecule has 0 bridgehead atoms. The van der Waals surface area contributed by atoms with Gasteiger partial charge in [0.2, 0.25) is 10.0 Å². The van der Waals surface area contributed by atoms with Crippen molar-refractivity contribution in [3.63, 3.8) is 0 Å². The van der Waals surface area contributed by atoms with Gasteiger partial charge in [-0.3, -0.25) is 0 Å². The van der Waals surface area contributed by atoms with Gasteiger partial charge in [0.15, 0.2) is 0 Å². The topological polar surface area (TPSA) is 72.2 Å². The molecule has 2 rings (SSSR count). The van der Waals surface area contributed by atoms with Crippen LogP contribution in [0, 0.1) is 5.82 Å². The Labute approximate surface area is 117 Å². The summed E-state index contributed by atoms with van der Waals surface area (Å²) in [6.45, 7) is 0. The van der Waals surface area contributed by atoms with Crippen LogP contribution in [0.2, 0.25) is 0 Å². The smallest absolute Gasteiger partial charge is 0.242 e. The minimum atomic E-state index is -3.67. The van der Waals surface area contributed by atoms with E-state index < -0.39 is 15.8 Å². The first-order valence-corrected chi connectivity index (χ1v) is 8.79. The van der Waals surface area contributed by atoms with E-state index in [2.05, 4.69) is 4.72 Å². The molecular weight excluding hydrogens is 287 g/mol. The standard InChI is InChI=1S/C12H17FN2O2S2/c1-18-10-4-3-9(7-10)15-19(16,17)12-5-2-8(13)6-11(12)14/h2,5-6,9-10,15H,3-4,7,14H2,1H3. The van der Waals surface area contributed by atoms with Gasteiger partial charge in [0.05, 0.1) is 5.69 Å². The molecule has 0 amide bonds. The van der Waals surface area contributed by atoms with Gasteiger partial charge in [-0.05, 0) is 43.7 Å². The van der Waals surface area contributed by atoms with E-state index >= 15 is 0 Å². The Morgan fingerprint density at radius 2 is 2.16 bits per heavy atom. The van der Waals surface area contributed by atoms with Gasteiger partial charge in [-0.1, -0.05) is 0 Å². The normalized spacial score (nSPS) is 23.7. The summed E-state index contributed by atoms with van der Waals surface area (Å²) < 4.78 is 40.0. The predicted octanol–water partition coefficient (Wildman–Crippen LogP) is 1.97. The van der Waals surface area contributed by atoms with Crippen molar-refractivity contribution in [3.05, 3.63) is 24.0 Å². The fraction of sp³-hybridized carbons (Fsp3) is 0.500. The zero-order valence-electron chi connectivity index (χ0n) is 10.6. The van der Waals surface area contributed by atoms with Crippen molar-refractivity contribution in [2.45, 2.75) is 35.4 Å². The third-order valence-electron chi connectivity index (χ3n) is 3.30. The average molecular weight is 304 g/mol. The molecule has 2 unspecified atom stereocenters. The Kier molecular flexibility index (Phi) is 4.37. The number of anilines is 1. The molecule has 19 heavy (non-hydrogen) atoms. The molecule has 0 heterocycles. The number of nitrogen functional groups attached to an aromatic ring is 1. The van der Waals surface area contributed by atoms with Crippen LogP contribution in [0.5, 0.6) is 0 Å².